The first-order chi connectivity index (χ1) is 13.4. The van der Waals surface area contributed by atoms with Gasteiger partial charge in [0.2, 0.25) is 5.91 Å². The third-order valence-electron chi connectivity index (χ3n) is 4.83. The van der Waals surface area contributed by atoms with Gasteiger partial charge in [0.1, 0.15) is 11.9 Å². The summed E-state index contributed by atoms with van der Waals surface area (Å²) in [6.07, 6.45) is 0.514. The number of rotatable bonds is 4. The number of anilines is 1. The maximum atomic E-state index is 13.9. The number of aryl methyl sites for hydroxylation is 1. The Morgan fingerprint density at radius 2 is 2.00 bits per heavy atom. The third-order valence-corrected chi connectivity index (χ3v) is 4.83. The molecule has 3 rings (SSSR count). The van der Waals surface area contributed by atoms with Gasteiger partial charge in [-0.15, -0.1) is 0 Å². The van der Waals surface area contributed by atoms with Gasteiger partial charge in [-0.2, -0.15) is 0 Å². The van der Waals surface area contributed by atoms with Gasteiger partial charge in [-0.3, -0.25) is 14.4 Å². The Bertz CT molecular complexity index is 929. The predicted molar refractivity (Wildman–Crippen MR) is 104 cm³/mol. The van der Waals surface area contributed by atoms with Crippen LogP contribution in [-0.2, 0) is 4.79 Å². The van der Waals surface area contributed by atoms with Crippen molar-refractivity contribution in [3.8, 4) is 0 Å². The molecule has 1 saturated heterocycles. The largest absolute Gasteiger partial charge is 0.353 e. The third kappa shape index (κ3) is 3.88. The molecule has 28 heavy (non-hydrogen) atoms. The number of halogens is 1. The molecule has 7 heteroatoms. The van der Waals surface area contributed by atoms with Gasteiger partial charge in [-0.25, -0.2) is 4.39 Å². The number of piperazine rings is 1. The summed E-state index contributed by atoms with van der Waals surface area (Å²) >= 11 is 0. The number of nitrogens with one attached hydrogen (secondary N) is 2. The summed E-state index contributed by atoms with van der Waals surface area (Å²) in [6, 6.07) is 10.1. The molecule has 0 aromatic heterocycles. The summed E-state index contributed by atoms with van der Waals surface area (Å²) in [5, 5.41) is 5.43. The molecule has 6 nitrogen and oxygen atoms in total. The molecule has 1 atom stereocenters. The second kappa shape index (κ2) is 8.21. The lowest BCUT2D eigenvalue weighted by molar-refractivity contribution is -0.127. The van der Waals surface area contributed by atoms with Crippen molar-refractivity contribution in [2.24, 2.45) is 0 Å². The Hall–Kier alpha value is -3.22. The summed E-state index contributed by atoms with van der Waals surface area (Å²) in [5.41, 5.74) is 1.46. The van der Waals surface area contributed by atoms with Crippen molar-refractivity contribution in [2.75, 3.05) is 18.4 Å². The van der Waals surface area contributed by atoms with Gasteiger partial charge < -0.3 is 15.5 Å². The lowest BCUT2D eigenvalue weighted by Crippen LogP contribution is -2.56. The molecule has 1 fully saturated rings. The summed E-state index contributed by atoms with van der Waals surface area (Å²) in [5.74, 6) is -1.64. The molecule has 2 N–H and O–H groups in total. The first-order valence-electron chi connectivity index (χ1n) is 9.17. The molecule has 1 unspecified atom stereocenters. The minimum atomic E-state index is -0.616. The average molecular weight is 383 g/mol. The number of nitrogens with zero attached hydrogens (tertiary/aromatic N) is 1. The van der Waals surface area contributed by atoms with E-state index < -0.39 is 17.8 Å². The fourth-order valence-corrected chi connectivity index (χ4v) is 3.25. The van der Waals surface area contributed by atoms with Crippen LogP contribution in [0.5, 0.6) is 0 Å². The zero-order valence-electron chi connectivity index (χ0n) is 15.8. The summed E-state index contributed by atoms with van der Waals surface area (Å²) in [6.45, 7) is 4.47. The van der Waals surface area contributed by atoms with Gasteiger partial charge in [-0.1, -0.05) is 25.1 Å². The molecule has 1 heterocycles. The van der Waals surface area contributed by atoms with Crippen molar-refractivity contribution in [3.05, 3.63) is 65.0 Å². The van der Waals surface area contributed by atoms with Gasteiger partial charge in [0, 0.05) is 24.3 Å². The molecular formula is C21H22FN3O3. The van der Waals surface area contributed by atoms with E-state index in [0.717, 1.165) is 5.56 Å². The highest BCUT2D eigenvalue weighted by atomic mass is 19.1. The highest BCUT2D eigenvalue weighted by molar-refractivity contribution is 6.06. The fourth-order valence-electron chi connectivity index (χ4n) is 3.25. The number of carbonyl (C=O) groups is 3. The summed E-state index contributed by atoms with van der Waals surface area (Å²) < 4.78 is 13.9. The summed E-state index contributed by atoms with van der Waals surface area (Å²) in [7, 11) is 0. The Labute approximate surface area is 162 Å². The maximum absolute atomic E-state index is 13.9. The van der Waals surface area contributed by atoms with Crippen molar-refractivity contribution in [3.63, 3.8) is 0 Å². The van der Waals surface area contributed by atoms with Crippen LogP contribution in [0.4, 0.5) is 10.1 Å². The van der Waals surface area contributed by atoms with Crippen LogP contribution >= 0.6 is 0 Å². The minimum absolute atomic E-state index is 0.0719. The second-order valence-corrected chi connectivity index (χ2v) is 6.68. The number of hydrogen-bond donors (Lipinski definition) is 2. The van der Waals surface area contributed by atoms with E-state index in [2.05, 4.69) is 10.6 Å². The number of hydrogen-bond acceptors (Lipinski definition) is 3. The van der Waals surface area contributed by atoms with Crippen LogP contribution in [0, 0.1) is 12.7 Å². The highest BCUT2D eigenvalue weighted by Gasteiger charge is 2.32. The molecule has 0 bridgehead atoms. The molecule has 146 valence electrons. The first-order valence-corrected chi connectivity index (χ1v) is 9.17. The van der Waals surface area contributed by atoms with Gasteiger partial charge in [0.05, 0.1) is 5.56 Å². The number of amides is 3. The van der Waals surface area contributed by atoms with Crippen molar-refractivity contribution >= 4 is 23.4 Å². The van der Waals surface area contributed by atoms with E-state index in [1.807, 2.05) is 6.92 Å². The van der Waals surface area contributed by atoms with E-state index in [1.54, 1.807) is 36.1 Å². The molecule has 0 radical (unpaired) electrons. The quantitative estimate of drug-likeness (QED) is 0.852. The Kier molecular flexibility index (Phi) is 5.73. The Balaban J connectivity index is 1.85. The van der Waals surface area contributed by atoms with Gasteiger partial charge >= 0.3 is 0 Å². The molecular weight excluding hydrogens is 361 g/mol. The second-order valence-electron chi connectivity index (χ2n) is 6.68. The van der Waals surface area contributed by atoms with E-state index >= 15 is 0 Å². The van der Waals surface area contributed by atoms with Crippen molar-refractivity contribution in [1.82, 2.24) is 10.2 Å². The van der Waals surface area contributed by atoms with Crippen LogP contribution in [0.3, 0.4) is 0 Å². The van der Waals surface area contributed by atoms with Crippen LogP contribution in [0.1, 0.15) is 39.6 Å². The van der Waals surface area contributed by atoms with Crippen LogP contribution in [0.2, 0.25) is 0 Å². The van der Waals surface area contributed by atoms with Gasteiger partial charge in [0.15, 0.2) is 0 Å². The topological polar surface area (TPSA) is 78.5 Å². The predicted octanol–water partition coefficient (Wildman–Crippen LogP) is 2.74. The smallest absolute Gasteiger partial charge is 0.258 e. The molecule has 3 amide bonds. The Morgan fingerprint density at radius 1 is 1.25 bits per heavy atom. The molecule has 1 aliphatic heterocycles. The van der Waals surface area contributed by atoms with E-state index in [0.29, 0.717) is 30.8 Å². The Morgan fingerprint density at radius 3 is 2.71 bits per heavy atom. The van der Waals surface area contributed by atoms with Crippen LogP contribution in [0.25, 0.3) is 0 Å². The highest BCUT2D eigenvalue weighted by Crippen LogP contribution is 2.21. The van der Waals surface area contributed by atoms with Crippen LogP contribution in [-0.4, -0.2) is 41.8 Å². The first kappa shape index (κ1) is 19.5. The van der Waals surface area contributed by atoms with E-state index in [9.17, 15) is 18.8 Å². The lowest BCUT2D eigenvalue weighted by Gasteiger charge is -2.34. The van der Waals surface area contributed by atoms with E-state index in [4.69, 9.17) is 0 Å². The minimum Gasteiger partial charge on any atom is -0.353 e. The van der Waals surface area contributed by atoms with Gasteiger partial charge in [-0.05, 0) is 43.2 Å². The van der Waals surface area contributed by atoms with E-state index in [1.165, 1.54) is 18.2 Å². The van der Waals surface area contributed by atoms with Gasteiger partial charge in [0.25, 0.3) is 11.8 Å². The normalized spacial score (nSPS) is 16.5. The van der Waals surface area contributed by atoms with E-state index in [-0.39, 0.29) is 17.4 Å². The molecule has 0 spiro atoms. The van der Waals surface area contributed by atoms with Crippen LogP contribution in [0.15, 0.2) is 42.5 Å². The zero-order chi connectivity index (χ0) is 20.3. The fraction of sp³-hybridized carbons (Fsp3) is 0.286. The maximum Gasteiger partial charge on any atom is 0.258 e. The van der Waals surface area contributed by atoms with Crippen molar-refractivity contribution in [1.29, 1.82) is 0 Å². The molecule has 0 aliphatic carbocycles. The standard InChI is InChI=1S/C21H22FN3O3/c1-3-18-20(27)23-10-11-25(18)21(28)14-9-8-13(2)17(12-14)24-19(26)15-6-4-5-7-16(15)22/h4-9,12,18H,3,10-11H2,1-2H3,(H,23,27)(H,24,26). The lowest BCUT2D eigenvalue weighted by atomic mass is 10.0. The number of carbonyl (C=O) groups excluding carboxylic acids is 3. The molecule has 2 aromatic carbocycles. The monoisotopic (exact) mass is 383 g/mol. The van der Waals surface area contributed by atoms with Crippen molar-refractivity contribution < 1.29 is 18.8 Å². The van der Waals surface area contributed by atoms with Crippen molar-refractivity contribution in [2.45, 2.75) is 26.3 Å². The van der Waals surface area contributed by atoms with Crippen LogP contribution < -0.4 is 10.6 Å². The SMILES string of the molecule is CCC1C(=O)NCCN1C(=O)c1ccc(C)c(NC(=O)c2ccccc2F)c1. The zero-order valence-corrected chi connectivity index (χ0v) is 15.8. The number of benzene rings is 2. The average Bonchev–Trinajstić information content (AvgIpc) is 2.69. The molecule has 1 aliphatic rings. The summed E-state index contributed by atoms with van der Waals surface area (Å²) in [4.78, 5) is 39.0. The molecule has 0 saturated carbocycles. The molecule has 2 aromatic rings.